The van der Waals surface area contributed by atoms with Crippen LogP contribution in [0.2, 0.25) is 10.0 Å². The molecule has 2 N–H and O–H groups in total. The molecule has 2 aromatic rings. The number of halogens is 2. The van der Waals surface area contributed by atoms with Crippen molar-refractivity contribution < 1.29 is 14.4 Å². The summed E-state index contributed by atoms with van der Waals surface area (Å²) in [6.07, 6.45) is 4.55. The van der Waals surface area contributed by atoms with Gasteiger partial charge in [0.2, 0.25) is 11.8 Å². The second-order valence-electron chi connectivity index (χ2n) is 8.49. The SMILES string of the molecule is CCCCCCNC(=O)Cc1csc(NC(=O)CN(CC(C)C)C(=O)c2ccc(Cl)c(Cl)c2)n1. The Morgan fingerprint density at radius 3 is 2.53 bits per heavy atom. The molecule has 7 nitrogen and oxygen atoms in total. The van der Waals surface area contributed by atoms with Gasteiger partial charge in [-0.25, -0.2) is 4.98 Å². The number of benzene rings is 1. The fourth-order valence-corrected chi connectivity index (χ4v) is 4.28. The average Bonchev–Trinajstić information content (AvgIpc) is 3.20. The number of aromatic nitrogens is 1. The summed E-state index contributed by atoms with van der Waals surface area (Å²) in [5.74, 6) is -0.602. The summed E-state index contributed by atoms with van der Waals surface area (Å²) in [7, 11) is 0. The quantitative estimate of drug-likeness (QED) is 0.340. The number of amides is 3. The Kier molecular flexibility index (Phi) is 11.8. The van der Waals surface area contributed by atoms with E-state index in [0.29, 0.717) is 34.5 Å². The molecule has 1 aromatic heterocycles. The molecule has 0 aliphatic carbocycles. The summed E-state index contributed by atoms with van der Waals surface area (Å²) in [4.78, 5) is 43.5. The minimum atomic E-state index is -0.365. The lowest BCUT2D eigenvalue weighted by molar-refractivity contribution is -0.120. The van der Waals surface area contributed by atoms with Crippen molar-refractivity contribution in [3.05, 3.63) is 44.9 Å². The average molecular weight is 528 g/mol. The van der Waals surface area contributed by atoms with E-state index in [1.54, 1.807) is 17.5 Å². The molecule has 0 unspecified atom stereocenters. The summed E-state index contributed by atoms with van der Waals surface area (Å²) in [6.45, 7) is 7.00. The first-order valence-electron chi connectivity index (χ1n) is 11.4. The Morgan fingerprint density at radius 1 is 1.09 bits per heavy atom. The molecule has 10 heteroatoms. The number of carbonyl (C=O) groups excluding carboxylic acids is 3. The van der Waals surface area contributed by atoms with Crippen LogP contribution in [-0.2, 0) is 16.0 Å². The van der Waals surface area contributed by atoms with Crippen molar-refractivity contribution in [3.63, 3.8) is 0 Å². The van der Waals surface area contributed by atoms with E-state index >= 15 is 0 Å². The number of hydrogen-bond donors (Lipinski definition) is 2. The van der Waals surface area contributed by atoms with Gasteiger partial charge in [0.15, 0.2) is 5.13 Å². The Labute approximate surface area is 215 Å². The number of hydrogen-bond acceptors (Lipinski definition) is 5. The number of nitrogens with one attached hydrogen (secondary N) is 2. The zero-order valence-electron chi connectivity index (χ0n) is 19.8. The van der Waals surface area contributed by atoms with Crippen molar-refractivity contribution in [2.45, 2.75) is 52.9 Å². The smallest absolute Gasteiger partial charge is 0.254 e. The van der Waals surface area contributed by atoms with Gasteiger partial charge >= 0.3 is 0 Å². The molecule has 0 aliphatic heterocycles. The van der Waals surface area contributed by atoms with Gasteiger partial charge in [-0.15, -0.1) is 11.3 Å². The molecule has 0 saturated heterocycles. The normalized spacial score (nSPS) is 10.9. The van der Waals surface area contributed by atoms with E-state index in [9.17, 15) is 14.4 Å². The fraction of sp³-hybridized carbons (Fsp3) is 0.500. The molecule has 0 fully saturated rings. The lowest BCUT2D eigenvalue weighted by atomic mass is 10.1. The Hall–Kier alpha value is -2.16. The molecular weight excluding hydrogens is 495 g/mol. The van der Waals surface area contributed by atoms with Crippen LogP contribution < -0.4 is 10.6 Å². The highest BCUT2D eigenvalue weighted by Crippen LogP contribution is 2.23. The molecule has 3 amide bonds. The second kappa shape index (κ2) is 14.3. The predicted molar refractivity (Wildman–Crippen MR) is 139 cm³/mol. The summed E-state index contributed by atoms with van der Waals surface area (Å²) >= 11 is 13.2. The summed E-state index contributed by atoms with van der Waals surface area (Å²) in [6, 6.07) is 4.65. The van der Waals surface area contributed by atoms with E-state index in [4.69, 9.17) is 23.2 Å². The van der Waals surface area contributed by atoms with Gasteiger partial charge in [0.05, 0.1) is 22.2 Å². The van der Waals surface area contributed by atoms with Crippen LogP contribution in [0.15, 0.2) is 23.6 Å². The van der Waals surface area contributed by atoms with E-state index in [1.165, 1.54) is 28.7 Å². The molecule has 0 radical (unpaired) electrons. The van der Waals surface area contributed by atoms with Crippen molar-refractivity contribution >= 4 is 57.4 Å². The zero-order chi connectivity index (χ0) is 25.1. The Bertz CT molecular complexity index is 981. The van der Waals surface area contributed by atoms with Gasteiger partial charge in [-0.05, 0) is 30.5 Å². The Morgan fingerprint density at radius 2 is 1.85 bits per heavy atom. The molecule has 0 spiro atoms. The highest BCUT2D eigenvalue weighted by Gasteiger charge is 2.21. The molecule has 0 aliphatic rings. The van der Waals surface area contributed by atoms with Gasteiger partial charge in [0, 0.05) is 24.0 Å². The van der Waals surface area contributed by atoms with Crippen molar-refractivity contribution in [2.24, 2.45) is 5.92 Å². The van der Waals surface area contributed by atoms with Crippen molar-refractivity contribution in [1.82, 2.24) is 15.2 Å². The van der Waals surface area contributed by atoms with Crippen LogP contribution in [0.3, 0.4) is 0 Å². The lowest BCUT2D eigenvalue weighted by Crippen LogP contribution is -2.40. The molecule has 1 heterocycles. The second-order valence-corrected chi connectivity index (χ2v) is 10.2. The number of unbranched alkanes of at least 4 members (excludes halogenated alkanes) is 3. The third-order valence-corrected chi connectivity index (χ3v) is 6.41. The van der Waals surface area contributed by atoms with E-state index in [-0.39, 0.29) is 41.6 Å². The minimum absolute atomic E-state index is 0.0880. The molecule has 2 rings (SSSR count). The summed E-state index contributed by atoms with van der Waals surface area (Å²) in [5, 5.41) is 8.40. The predicted octanol–water partition coefficient (Wildman–Crippen LogP) is 5.43. The van der Waals surface area contributed by atoms with Crippen molar-refractivity contribution in [1.29, 1.82) is 0 Å². The number of carbonyl (C=O) groups is 3. The molecule has 0 atom stereocenters. The third-order valence-electron chi connectivity index (χ3n) is 4.87. The molecular formula is C24H32Cl2N4O3S. The van der Waals surface area contributed by atoms with Gasteiger partial charge in [-0.3, -0.25) is 14.4 Å². The number of thiazole rings is 1. The number of rotatable bonds is 13. The van der Waals surface area contributed by atoms with E-state index in [0.717, 1.165) is 19.3 Å². The fourth-order valence-electron chi connectivity index (χ4n) is 3.26. The van der Waals surface area contributed by atoms with E-state index in [2.05, 4.69) is 22.5 Å². The van der Waals surface area contributed by atoms with Gasteiger partial charge in [0.1, 0.15) is 6.54 Å². The van der Waals surface area contributed by atoms with Crippen LogP contribution >= 0.6 is 34.5 Å². The standard InChI is InChI=1S/C24H32Cl2N4O3S/c1-4-5-6-7-10-27-21(31)12-18-15-34-24(28-18)29-22(32)14-30(13-16(2)3)23(33)17-8-9-19(25)20(26)11-17/h8-9,11,15-16H,4-7,10,12-14H2,1-3H3,(H,27,31)(H,28,29,32). The van der Waals surface area contributed by atoms with Crippen LogP contribution in [0.1, 0.15) is 62.5 Å². The maximum atomic E-state index is 13.0. The first-order chi connectivity index (χ1) is 16.2. The zero-order valence-corrected chi connectivity index (χ0v) is 22.2. The van der Waals surface area contributed by atoms with Gasteiger partial charge in [-0.1, -0.05) is 63.2 Å². The molecule has 1 aromatic carbocycles. The lowest BCUT2D eigenvalue weighted by Gasteiger charge is -2.24. The third kappa shape index (κ3) is 9.60. The van der Waals surface area contributed by atoms with E-state index in [1.807, 2.05) is 13.8 Å². The maximum Gasteiger partial charge on any atom is 0.254 e. The first kappa shape index (κ1) is 28.1. The van der Waals surface area contributed by atoms with E-state index < -0.39 is 0 Å². The van der Waals surface area contributed by atoms with Crippen LogP contribution in [0.25, 0.3) is 0 Å². The highest BCUT2D eigenvalue weighted by molar-refractivity contribution is 7.13. The van der Waals surface area contributed by atoms with Crippen molar-refractivity contribution in [3.8, 4) is 0 Å². The molecule has 0 bridgehead atoms. The molecule has 0 saturated carbocycles. The first-order valence-corrected chi connectivity index (χ1v) is 13.1. The summed E-state index contributed by atoms with van der Waals surface area (Å²) in [5.41, 5.74) is 0.956. The van der Waals surface area contributed by atoms with Crippen molar-refractivity contribution in [2.75, 3.05) is 25.0 Å². The maximum absolute atomic E-state index is 13.0. The van der Waals surface area contributed by atoms with Gasteiger partial charge in [-0.2, -0.15) is 0 Å². The molecule has 34 heavy (non-hydrogen) atoms. The topological polar surface area (TPSA) is 91.4 Å². The number of nitrogens with zero attached hydrogens (tertiary/aromatic N) is 2. The van der Waals surface area contributed by atoms with Gasteiger partial charge < -0.3 is 15.5 Å². The molecule has 186 valence electrons. The highest BCUT2D eigenvalue weighted by atomic mass is 35.5. The van der Waals surface area contributed by atoms with Crippen LogP contribution in [-0.4, -0.2) is 47.2 Å². The van der Waals surface area contributed by atoms with Crippen LogP contribution in [0.5, 0.6) is 0 Å². The summed E-state index contributed by atoms with van der Waals surface area (Å²) < 4.78 is 0. The monoisotopic (exact) mass is 526 g/mol. The Balaban J connectivity index is 1.92. The van der Waals surface area contributed by atoms with Crippen LogP contribution in [0, 0.1) is 5.92 Å². The van der Waals surface area contributed by atoms with Gasteiger partial charge in [0.25, 0.3) is 5.91 Å². The minimum Gasteiger partial charge on any atom is -0.356 e. The number of anilines is 1. The van der Waals surface area contributed by atoms with Crippen LogP contribution in [0.4, 0.5) is 5.13 Å². The largest absolute Gasteiger partial charge is 0.356 e.